The van der Waals surface area contributed by atoms with Crippen LogP contribution in [0.4, 0.5) is 0 Å². The van der Waals surface area contributed by atoms with Crippen LogP contribution in [0.1, 0.15) is 19.8 Å². The Morgan fingerprint density at radius 3 is 2.79 bits per heavy atom. The summed E-state index contributed by atoms with van der Waals surface area (Å²) in [6.07, 6.45) is 0.672. The molecule has 80 valence electrons. The molecule has 1 heterocycles. The predicted molar refractivity (Wildman–Crippen MR) is 50.8 cm³/mol. The zero-order chi connectivity index (χ0) is 10.8. The van der Waals surface area contributed by atoms with E-state index in [4.69, 9.17) is 5.26 Å². The molecule has 0 aliphatic carbocycles. The molecule has 0 aromatic carbocycles. The van der Waals surface area contributed by atoms with E-state index in [1.54, 1.807) is 13.0 Å². The normalized spacial score (nSPS) is 29.8. The third-order valence-corrected chi connectivity index (χ3v) is 4.12. The van der Waals surface area contributed by atoms with Crippen LogP contribution in [0.25, 0.3) is 0 Å². The number of aliphatic hydroxyl groups is 1. The lowest BCUT2D eigenvalue weighted by atomic mass is 10.0. The van der Waals surface area contributed by atoms with Gasteiger partial charge < -0.3 is 5.11 Å². The summed E-state index contributed by atoms with van der Waals surface area (Å²) in [5.74, 6) is -0.510. The molecule has 14 heavy (non-hydrogen) atoms. The molecule has 1 saturated heterocycles. The third kappa shape index (κ3) is 2.44. The first-order valence-corrected chi connectivity index (χ1v) is 6.13. The number of nitriles is 1. The Labute approximate surface area is 84.0 Å². The Morgan fingerprint density at radius 2 is 2.21 bits per heavy atom. The van der Waals surface area contributed by atoms with Gasteiger partial charge in [-0.15, -0.1) is 0 Å². The highest BCUT2D eigenvalue weighted by Crippen LogP contribution is 2.20. The summed E-state index contributed by atoms with van der Waals surface area (Å²) in [4.78, 5) is 0. The molecule has 0 aromatic heterocycles. The minimum absolute atomic E-state index is 0.114. The number of β-amino-alcohol motifs (C(OH)–C–C–N with tert-alkyl or cyclic N) is 1. The highest BCUT2D eigenvalue weighted by molar-refractivity contribution is 7.89. The van der Waals surface area contributed by atoms with Crippen molar-refractivity contribution in [3.05, 3.63) is 0 Å². The average Bonchev–Trinajstić information content (AvgIpc) is 2.09. The first-order valence-electron chi connectivity index (χ1n) is 4.52. The van der Waals surface area contributed by atoms with Gasteiger partial charge in [0.25, 0.3) is 0 Å². The van der Waals surface area contributed by atoms with Crippen LogP contribution < -0.4 is 0 Å². The molecule has 2 atom stereocenters. The van der Waals surface area contributed by atoms with Gasteiger partial charge >= 0.3 is 0 Å². The van der Waals surface area contributed by atoms with E-state index in [1.807, 2.05) is 0 Å². The van der Waals surface area contributed by atoms with Crippen LogP contribution in [-0.4, -0.2) is 42.3 Å². The fourth-order valence-corrected chi connectivity index (χ4v) is 2.99. The zero-order valence-electron chi connectivity index (χ0n) is 8.05. The lowest BCUT2D eigenvalue weighted by molar-refractivity contribution is 0.0857. The number of hydrogen-bond donors (Lipinski definition) is 1. The van der Waals surface area contributed by atoms with Gasteiger partial charge in [0.15, 0.2) is 5.75 Å². The van der Waals surface area contributed by atoms with Crippen LogP contribution in [-0.2, 0) is 10.0 Å². The first kappa shape index (κ1) is 11.4. The van der Waals surface area contributed by atoms with Crippen molar-refractivity contribution in [2.45, 2.75) is 31.9 Å². The lowest BCUT2D eigenvalue weighted by Gasteiger charge is -2.34. The molecule has 0 saturated carbocycles. The molecule has 2 unspecified atom stereocenters. The smallest absolute Gasteiger partial charge is 0.227 e. The van der Waals surface area contributed by atoms with Crippen molar-refractivity contribution < 1.29 is 13.5 Å². The lowest BCUT2D eigenvalue weighted by Crippen LogP contribution is -2.48. The summed E-state index contributed by atoms with van der Waals surface area (Å²) in [5.41, 5.74) is 0. The molecule has 0 spiro atoms. The minimum atomic E-state index is -3.50. The molecule has 0 amide bonds. The van der Waals surface area contributed by atoms with Crippen molar-refractivity contribution >= 4 is 10.0 Å². The van der Waals surface area contributed by atoms with Crippen molar-refractivity contribution in [1.29, 1.82) is 5.26 Å². The maximum Gasteiger partial charge on any atom is 0.227 e. The fraction of sp³-hybridized carbons (Fsp3) is 0.875. The van der Waals surface area contributed by atoms with E-state index in [9.17, 15) is 13.5 Å². The summed E-state index contributed by atoms with van der Waals surface area (Å²) in [7, 11) is -3.50. The summed E-state index contributed by atoms with van der Waals surface area (Å²) in [6, 6.07) is 1.52. The molecule has 0 aromatic rings. The van der Waals surface area contributed by atoms with Gasteiger partial charge in [-0.25, -0.2) is 8.42 Å². The standard InChI is InChI=1S/C8H14N2O3S/c1-7-2-3-8(11)6-10(7)14(12,13)5-4-9/h7-8,11H,2-3,5-6H2,1H3. The van der Waals surface area contributed by atoms with Gasteiger partial charge in [0.05, 0.1) is 12.2 Å². The Kier molecular flexibility index (Phi) is 3.48. The zero-order valence-corrected chi connectivity index (χ0v) is 8.87. The van der Waals surface area contributed by atoms with Crippen molar-refractivity contribution in [3.8, 4) is 6.07 Å². The first-order chi connectivity index (χ1) is 6.47. The molecule has 1 N–H and O–H groups in total. The van der Waals surface area contributed by atoms with Crippen LogP contribution in [0.2, 0.25) is 0 Å². The highest BCUT2D eigenvalue weighted by Gasteiger charge is 2.32. The third-order valence-electron chi connectivity index (χ3n) is 2.40. The van der Waals surface area contributed by atoms with E-state index in [2.05, 4.69) is 0 Å². The van der Waals surface area contributed by atoms with Crippen molar-refractivity contribution in [2.24, 2.45) is 0 Å². The number of piperidine rings is 1. The quantitative estimate of drug-likeness (QED) is 0.689. The average molecular weight is 218 g/mol. The van der Waals surface area contributed by atoms with E-state index in [1.165, 1.54) is 4.31 Å². The monoisotopic (exact) mass is 218 g/mol. The SMILES string of the molecule is CC1CCC(O)CN1S(=O)(=O)CC#N. The second kappa shape index (κ2) is 4.26. The summed E-state index contributed by atoms with van der Waals surface area (Å²) in [6.45, 7) is 1.91. The molecule has 6 heteroatoms. The van der Waals surface area contributed by atoms with Crippen molar-refractivity contribution in [2.75, 3.05) is 12.3 Å². The maximum absolute atomic E-state index is 11.5. The van der Waals surface area contributed by atoms with Gasteiger partial charge in [-0.3, -0.25) is 0 Å². The minimum Gasteiger partial charge on any atom is -0.392 e. The Balaban J connectivity index is 2.80. The predicted octanol–water partition coefficient (Wildman–Crippen LogP) is -0.315. The molecule has 1 fully saturated rings. The molecule has 1 rings (SSSR count). The number of hydrogen-bond acceptors (Lipinski definition) is 4. The molecular weight excluding hydrogens is 204 g/mol. The van der Waals surface area contributed by atoms with Crippen LogP contribution in [0, 0.1) is 11.3 Å². The molecule has 1 aliphatic rings. The second-order valence-electron chi connectivity index (χ2n) is 3.56. The van der Waals surface area contributed by atoms with Gasteiger partial charge in [0, 0.05) is 12.6 Å². The van der Waals surface area contributed by atoms with Gasteiger partial charge in [-0.1, -0.05) is 0 Å². The number of sulfonamides is 1. The maximum atomic E-state index is 11.5. The largest absolute Gasteiger partial charge is 0.392 e. The van der Waals surface area contributed by atoms with Gasteiger partial charge in [0.2, 0.25) is 10.0 Å². The Morgan fingerprint density at radius 1 is 1.57 bits per heavy atom. The second-order valence-corrected chi connectivity index (χ2v) is 5.49. The number of nitrogens with zero attached hydrogens (tertiary/aromatic N) is 2. The van der Waals surface area contributed by atoms with E-state index in [0.29, 0.717) is 12.8 Å². The Bertz CT molecular complexity index is 333. The molecule has 1 aliphatic heterocycles. The number of aliphatic hydroxyl groups excluding tert-OH is 1. The highest BCUT2D eigenvalue weighted by atomic mass is 32.2. The van der Waals surface area contributed by atoms with Crippen molar-refractivity contribution in [3.63, 3.8) is 0 Å². The van der Waals surface area contributed by atoms with E-state index >= 15 is 0 Å². The van der Waals surface area contributed by atoms with Crippen LogP contribution >= 0.6 is 0 Å². The Hall–Kier alpha value is -0.640. The van der Waals surface area contributed by atoms with Crippen LogP contribution in [0.3, 0.4) is 0 Å². The summed E-state index contributed by atoms with van der Waals surface area (Å²) >= 11 is 0. The van der Waals surface area contributed by atoms with Crippen LogP contribution in [0.15, 0.2) is 0 Å². The molecular formula is C8H14N2O3S. The number of rotatable bonds is 2. The van der Waals surface area contributed by atoms with Crippen LogP contribution in [0.5, 0.6) is 0 Å². The fourth-order valence-electron chi connectivity index (χ4n) is 1.61. The van der Waals surface area contributed by atoms with Crippen molar-refractivity contribution in [1.82, 2.24) is 4.31 Å². The van der Waals surface area contributed by atoms with Gasteiger partial charge in [0.1, 0.15) is 0 Å². The van der Waals surface area contributed by atoms with E-state index in [-0.39, 0.29) is 12.6 Å². The molecule has 0 radical (unpaired) electrons. The van der Waals surface area contributed by atoms with E-state index < -0.39 is 21.9 Å². The molecule has 0 bridgehead atoms. The van der Waals surface area contributed by atoms with Gasteiger partial charge in [-0.05, 0) is 19.8 Å². The van der Waals surface area contributed by atoms with Gasteiger partial charge in [-0.2, -0.15) is 9.57 Å². The molecule has 5 nitrogen and oxygen atoms in total. The summed E-state index contributed by atoms with van der Waals surface area (Å²) < 4.78 is 24.3. The van der Waals surface area contributed by atoms with E-state index in [0.717, 1.165) is 0 Å². The topological polar surface area (TPSA) is 81.4 Å². The summed E-state index contributed by atoms with van der Waals surface area (Å²) in [5, 5.41) is 17.7.